The minimum absolute atomic E-state index is 0.0350. The summed E-state index contributed by atoms with van der Waals surface area (Å²) in [6, 6.07) is 1.40. The summed E-state index contributed by atoms with van der Waals surface area (Å²) < 4.78 is 62.0. The number of hydrogen-bond acceptors (Lipinski definition) is 5. The molecule has 5 rings (SSSR count). The molecule has 0 bridgehead atoms. The number of rotatable bonds is 4. The van der Waals surface area contributed by atoms with E-state index in [4.69, 9.17) is 16.3 Å². The van der Waals surface area contributed by atoms with Gasteiger partial charge in [-0.25, -0.2) is 9.38 Å². The van der Waals surface area contributed by atoms with E-state index < -0.39 is 41.7 Å². The maximum atomic E-state index is 14.3. The van der Waals surface area contributed by atoms with Gasteiger partial charge < -0.3 is 19.9 Å². The zero-order valence-corrected chi connectivity index (χ0v) is 21.2. The molecule has 3 amide bonds. The number of morpholine rings is 1. The van der Waals surface area contributed by atoms with Gasteiger partial charge in [0.05, 0.1) is 41.3 Å². The minimum atomic E-state index is -4.80. The topological polar surface area (TPSA) is 91.3 Å². The van der Waals surface area contributed by atoms with Crippen molar-refractivity contribution in [1.29, 1.82) is 0 Å². The quantitative estimate of drug-likeness (QED) is 0.565. The Morgan fingerprint density at radius 2 is 1.90 bits per heavy atom. The Morgan fingerprint density at radius 3 is 2.62 bits per heavy atom. The molecule has 2 saturated heterocycles. The van der Waals surface area contributed by atoms with Gasteiger partial charge in [0.1, 0.15) is 0 Å². The summed E-state index contributed by atoms with van der Waals surface area (Å²) in [7, 11) is 0. The first-order valence-electron chi connectivity index (χ1n) is 12.2. The van der Waals surface area contributed by atoms with Crippen LogP contribution >= 0.6 is 11.6 Å². The van der Waals surface area contributed by atoms with Gasteiger partial charge in [-0.15, -0.1) is 0 Å². The van der Waals surface area contributed by atoms with Crippen molar-refractivity contribution in [2.75, 3.05) is 44.3 Å². The standard InChI is InChI=1S/C26H23ClF4N4O4/c27-14-10-18(25(38)34-6-8-39-9-7-34)23(19(11-14)26(29,30)31)35-5-4-15(13-35)32-24(37)17-12-21(36)33-22-16(17)2-1-3-20(22)28/h1-3,10-12,15,20H,4-9,13H2,(H,32,37)/t15-,20?/m1/s1. The van der Waals surface area contributed by atoms with E-state index in [2.05, 4.69) is 10.3 Å². The third-order valence-electron chi connectivity index (χ3n) is 6.86. The van der Waals surface area contributed by atoms with Crippen molar-refractivity contribution in [3.05, 3.63) is 63.7 Å². The normalized spacial score (nSPS) is 23.2. The van der Waals surface area contributed by atoms with Gasteiger partial charge >= 0.3 is 6.18 Å². The first-order chi connectivity index (χ1) is 18.5. The average Bonchev–Trinajstić information content (AvgIpc) is 3.35. The molecule has 1 aromatic rings. The highest BCUT2D eigenvalue weighted by Gasteiger charge is 2.41. The van der Waals surface area contributed by atoms with Crippen LogP contribution in [0.3, 0.4) is 0 Å². The second kappa shape index (κ2) is 10.6. The SMILES string of the molecule is O=C1C=C(C(=O)N[C@@H]2CCN(c3c(C(=O)N4CCOCC4)cc(Cl)cc3C(F)(F)F)C2)C2=CC=CC(F)C2=N1. The van der Waals surface area contributed by atoms with Crippen molar-refractivity contribution >= 4 is 40.7 Å². The minimum Gasteiger partial charge on any atom is -0.378 e. The van der Waals surface area contributed by atoms with E-state index in [0.717, 1.165) is 12.1 Å². The van der Waals surface area contributed by atoms with Gasteiger partial charge in [-0.1, -0.05) is 23.8 Å². The second-order valence-corrected chi connectivity index (χ2v) is 9.85. The molecule has 2 fully saturated rings. The van der Waals surface area contributed by atoms with E-state index in [0.29, 0.717) is 0 Å². The number of carbonyl (C=O) groups excluding carboxylic acids is 3. The Bertz CT molecular complexity index is 1350. The Morgan fingerprint density at radius 1 is 1.15 bits per heavy atom. The first-order valence-corrected chi connectivity index (χ1v) is 12.6. The number of allylic oxidation sites excluding steroid dienone is 3. The van der Waals surface area contributed by atoms with E-state index in [1.807, 2.05) is 0 Å². The number of nitrogens with one attached hydrogen (secondary N) is 1. The third-order valence-corrected chi connectivity index (χ3v) is 7.08. The van der Waals surface area contributed by atoms with Crippen LogP contribution in [0, 0.1) is 0 Å². The van der Waals surface area contributed by atoms with E-state index in [-0.39, 0.29) is 78.9 Å². The zero-order valence-electron chi connectivity index (χ0n) is 20.4. The van der Waals surface area contributed by atoms with Crippen molar-refractivity contribution in [2.45, 2.75) is 24.8 Å². The zero-order chi connectivity index (χ0) is 27.9. The molecular formula is C26H23ClF4N4O4. The van der Waals surface area contributed by atoms with Crippen LogP contribution in [0.2, 0.25) is 5.02 Å². The number of aliphatic imine (C=N–C) groups is 1. The molecular weight excluding hydrogens is 544 g/mol. The number of carbonyl (C=O) groups is 3. The smallest absolute Gasteiger partial charge is 0.378 e. The fourth-order valence-corrected chi connectivity index (χ4v) is 5.28. The fourth-order valence-electron chi connectivity index (χ4n) is 5.06. The van der Waals surface area contributed by atoms with Crippen molar-refractivity contribution < 1.29 is 36.7 Å². The van der Waals surface area contributed by atoms with Gasteiger partial charge in [0.15, 0.2) is 6.17 Å². The largest absolute Gasteiger partial charge is 0.418 e. The summed E-state index contributed by atoms with van der Waals surface area (Å²) in [6.07, 6.45) is -1.08. The molecule has 8 nitrogen and oxygen atoms in total. The number of anilines is 1. The van der Waals surface area contributed by atoms with Crippen LogP contribution < -0.4 is 10.2 Å². The average molecular weight is 567 g/mol. The summed E-state index contributed by atoms with van der Waals surface area (Å²) in [4.78, 5) is 44.9. The number of hydrogen-bond donors (Lipinski definition) is 1. The maximum absolute atomic E-state index is 14.3. The lowest BCUT2D eigenvalue weighted by atomic mass is 9.91. The summed E-state index contributed by atoms with van der Waals surface area (Å²) >= 11 is 6.03. The predicted octanol–water partition coefficient (Wildman–Crippen LogP) is 3.27. The highest BCUT2D eigenvalue weighted by molar-refractivity contribution is 6.31. The second-order valence-electron chi connectivity index (χ2n) is 9.42. The number of amides is 3. The van der Waals surface area contributed by atoms with Crippen LogP contribution in [-0.4, -0.2) is 79.9 Å². The van der Waals surface area contributed by atoms with E-state index in [1.165, 1.54) is 34.1 Å². The number of ether oxygens (including phenoxy) is 1. The maximum Gasteiger partial charge on any atom is 0.418 e. The molecule has 206 valence electrons. The molecule has 0 aromatic heterocycles. The van der Waals surface area contributed by atoms with Gasteiger partial charge in [0, 0.05) is 48.9 Å². The number of dihydropyridines is 1. The van der Waals surface area contributed by atoms with Gasteiger partial charge in [-0.05, 0) is 24.6 Å². The van der Waals surface area contributed by atoms with Crippen LogP contribution in [0.5, 0.6) is 0 Å². The molecule has 4 aliphatic rings. The molecule has 39 heavy (non-hydrogen) atoms. The third kappa shape index (κ3) is 5.48. The van der Waals surface area contributed by atoms with Gasteiger partial charge in [0.25, 0.3) is 17.7 Å². The highest BCUT2D eigenvalue weighted by Crippen LogP contribution is 2.42. The highest BCUT2D eigenvalue weighted by atomic mass is 35.5. The number of nitrogens with zero attached hydrogens (tertiary/aromatic N) is 3. The lowest BCUT2D eigenvalue weighted by Gasteiger charge is -2.31. The molecule has 3 heterocycles. The molecule has 2 atom stereocenters. The molecule has 1 N–H and O–H groups in total. The Hall–Kier alpha value is -3.51. The number of fused-ring (bicyclic) bond motifs is 1. The Balaban J connectivity index is 1.40. The molecule has 13 heteroatoms. The van der Waals surface area contributed by atoms with Crippen molar-refractivity contribution in [1.82, 2.24) is 10.2 Å². The van der Waals surface area contributed by atoms with Crippen LogP contribution in [0.25, 0.3) is 0 Å². The van der Waals surface area contributed by atoms with E-state index in [9.17, 15) is 31.9 Å². The summed E-state index contributed by atoms with van der Waals surface area (Å²) in [6.45, 7) is 1.08. The lowest BCUT2D eigenvalue weighted by molar-refractivity contribution is -0.137. The Kier molecular flexibility index (Phi) is 7.34. The molecule has 0 saturated carbocycles. The summed E-state index contributed by atoms with van der Waals surface area (Å²) in [5.74, 6) is -2.04. The van der Waals surface area contributed by atoms with Gasteiger partial charge in [-0.2, -0.15) is 13.2 Å². The van der Waals surface area contributed by atoms with Crippen LogP contribution in [-0.2, 0) is 20.5 Å². The van der Waals surface area contributed by atoms with Crippen LogP contribution in [0.4, 0.5) is 23.2 Å². The monoisotopic (exact) mass is 566 g/mol. The first kappa shape index (κ1) is 27.1. The molecule has 0 radical (unpaired) electrons. The van der Waals surface area contributed by atoms with E-state index >= 15 is 0 Å². The van der Waals surface area contributed by atoms with Crippen molar-refractivity contribution in [3.8, 4) is 0 Å². The predicted molar refractivity (Wildman–Crippen MR) is 135 cm³/mol. The molecule has 3 aliphatic heterocycles. The van der Waals surface area contributed by atoms with Gasteiger partial charge in [-0.3, -0.25) is 14.4 Å². The van der Waals surface area contributed by atoms with Crippen molar-refractivity contribution in [2.24, 2.45) is 4.99 Å². The number of halogens is 5. The Labute approximate surface area is 225 Å². The molecule has 0 spiro atoms. The molecule has 1 aromatic carbocycles. The molecule has 1 unspecified atom stereocenters. The number of benzene rings is 1. The number of alkyl halides is 4. The summed E-state index contributed by atoms with van der Waals surface area (Å²) in [5, 5.41) is 2.51. The fraction of sp³-hybridized carbons (Fsp3) is 0.385. The lowest BCUT2D eigenvalue weighted by Crippen LogP contribution is -2.42. The molecule has 1 aliphatic carbocycles. The van der Waals surface area contributed by atoms with E-state index in [1.54, 1.807) is 0 Å². The van der Waals surface area contributed by atoms with Crippen LogP contribution in [0.15, 0.2) is 52.6 Å². The van der Waals surface area contributed by atoms with Crippen LogP contribution in [0.1, 0.15) is 22.3 Å². The van der Waals surface area contributed by atoms with Gasteiger partial charge in [0.2, 0.25) is 0 Å². The van der Waals surface area contributed by atoms with Crippen molar-refractivity contribution in [3.63, 3.8) is 0 Å². The summed E-state index contributed by atoms with van der Waals surface area (Å²) in [5.41, 5.74) is -1.59.